The summed E-state index contributed by atoms with van der Waals surface area (Å²) in [5.74, 6) is -3.42. The Bertz CT molecular complexity index is 928. The van der Waals surface area contributed by atoms with Crippen molar-refractivity contribution in [3.05, 3.63) is 47.5 Å². The zero-order valence-electron chi connectivity index (χ0n) is 13.3. The summed E-state index contributed by atoms with van der Waals surface area (Å²) in [6.45, 7) is 0. The molecule has 0 atom stereocenters. The van der Waals surface area contributed by atoms with E-state index in [0.717, 1.165) is 6.07 Å². The minimum Gasteiger partial charge on any atom is -0.497 e. The van der Waals surface area contributed by atoms with Crippen molar-refractivity contribution in [1.82, 2.24) is 0 Å². The first kappa shape index (κ1) is 19.8. The zero-order valence-corrected chi connectivity index (χ0v) is 14.1. The molecule has 0 amide bonds. The summed E-state index contributed by atoms with van der Waals surface area (Å²) in [6.07, 6.45) is -5.13. The normalized spacial score (nSPS) is 12.0. The van der Waals surface area contributed by atoms with E-state index in [2.05, 4.69) is 0 Å². The van der Waals surface area contributed by atoms with Crippen molar-refractivity contribution < 1.29 is 39.8 Å². The number of ether oxygens (including phenoxy) is 2. The van der Waals surface area contributed by atoms with Gasteiger partial charge in [-0.05, 0) is 18.2 Å². The Labute approximate surface area is 145 Å². The Morgan fingerprint density at radius 2 is 1.62 bits per heavy atom. The lowest BCUT2D eigenvalue weighted by Crippen LogP contribution is -2.17. The minimum absolute atomic E-state index is 0.113. The number of rotatable bonds is 5. The number of benzene rings is 2. The Morgan fingerprint density at radius 1 is 0.962 bits per heavy atom. The van der Waals surface area contributed by atoms with Gasteiger partial charge in [0, 0.05) is 12.1 Å². The molecular formula is C15H12F5NO4S. The van der Waals surface area contributed by atoms with Gasteiger partial charge in [0.05, 0.1) is 25.5 Å². The predicted molar refractivity (Wildman–Crippen MR) is 81.7 cm³/mol. The molecule has 0 spiro atoms. The molecule has 0 aromatic heterocycles. The van der Waals surface area contributed by atoms with E-state index in [-0.39, 0.29) is 23.6 Å². The van der Waals surface area contributed by atoms with Crippen LogP contribution in [0.25, 0.3) is 0 Å². The first-order valence-corrected chi connectivity index (χ1v) is 8.29. The fourth-order valence-corrected chi connectivity index (χ4v) is 3.28. The second-order valence-corrected chi connectivity index (χ2v) is 6.58. The van der Waals surface area contributed by atoms with E-state index in [9.17, 15) is 30.4 Å². The van der Waals surface area contributed by atoms with Gasteiger partial charge in [0.1, 0.15) is 28.0 Å². The molecule has 1 N–H and O–H groups in total. The zero-order chi connectivity index (χ0) is 19.7. The number of hydrogen-bond donors (Lipinski definition) is 1. The third-order valence-corrected chi connectivity index (χ3v) is 4.65. The predicted octanol–water partition coefficient (Wildman–Crippen LogP) is 3.80. The van der Waals surface area contributed by atoms with Crippen molar-refractivity contribution in [2.75, 3.05) is 18.9 Å². The lowest BCUT2D eigenvalue weighted by molar-refractivity contribution is -0.140. The van der Waals surface area contributed by atoms with Gasteiger partial charge in [-0.2, -0.15) is 13.2 Å². The van der Waals surface area contributed by atoms with Gasteiger partial charge in [0.15, 0.2) is 0 Å². The van der Waals surface area contributed by atoms with Crippen molar-refractivity contribution in [1.29, 1.82) is 0 Å². The van der Waals surface area contributed by atoms with Gasteiger partial charge in [-0.15, -0.1) is 0 Å². The van der Waals surface area contributed by atoms with Gasteiger partial charge in [-0.1, -0.05) is 0 Å². The van der Waals surface area contributed by atoms with E-state index < -0.39 is 44.0 Å². The van der Waals surface area contributed by atoms with E-state index in [1.54, 1.807) is 4.72 Å². The highest BCUT2D eigenvalue weighted by Crippen LogP contribution is 2.35. The lowest BCUT2D eigenvalue weighted by atomic mass is 10.2. The molecule has 2 aromatic rings. The summed E-state index contributed by atoms with van der Waals surface area (Å²) < 4.78 is 102. The molecule has 0 aliphatic rings. The third-order valence-electron chi connectivity index (χ3n) is 3.27. The molecule has 0 aliphatic heterocycles. The van der Waals surface area contributed by atoms with Gasteiger partial charge >= 0.3 is 6.18 Å². The number of sulfonamides is 1. The van der Waals surface area contributed by atoms with E-state index in [0.29, 0.717) is 0 Å². The molecule has 0 heterocycles. The monoisotopic (exact) mass is 397 g/mol. The van der Waals surface area contributed by atoms with Crippen LogP contribution in [0.2, 0.25) is 0 Å². The van der Waals surface area contributed by atoms with Crippen LogP contribution >= 0.6 is 0 Å². The minimum atomic E-state index is -5.13. The molecule has 0 unspecified atom stereocenters. The SMILES string of the molecule is COc1ccc(OC)c(S(=O)(=O)Nc2cc(F)c(C(F)(F)F)cc2F)c1. The fourth-order valence-electron chi connectivity index (χ4n) is 2.04. The summed E-state index contributed by atoms with van der Waals surface area (Å²) in [4.78, 5) is -0.473. The van der Waals surface area contributed by atoms with Crippen molar-refractivity contribution in [2.45, 2.75) is 11.1 Å². The van der Waals surface area contributed by atoms with Gasteiger partial charge in [0.25, 0.3) is 10.0 Å². The fraction of sp³-hybridized carbons (Fsp3) is 0.200. The Kier molecular flexibility index (Phi) is 5.31. The number of alkyl halides is 3. The summed E-state index contributed by atoms with van der Waals surface area (Å²) in [7, 11) is -2.07. The van der Waals surface area contributed by atoms with Crippen LogP contribution in [0.4, 0.5) is 27.6 Å². The average Bonchev–Trinajstić information content (AvgIpc) is 2.55. The summed E-state index contributed by atoms with van der Waals surface area (Å²) in [6, 6.07) is 3.70. The van der Waals surface area contributed by atoms with Crippen molar-refractivity contribution in [3.63, 3.8) is 0 Å². The standard InChI is InChI=1S/C15H12F5NO4S/c1-24-8-3-4-13(25-2)14(5-8)26(22,23)21-12-7-10(16)9(6-11(12)17)15(18,19)20/h3-7,21H,1-2H3. The maximum absolute atomic E-state index is 13.9. The molecule has 0 aliphatic carbocycles. The second kappa shape index (κ2) is 6.98. The molecular weight excluding hydrogens is 385 g/mol. The van der Waals surface area contributed by atoms with E-state index in [4.69, 9.17) is 9.47 Å². The molecule has 5 nitrogen and oxygen atoms in total. The molecule has 0 radical (unpaired) electrons. The highest BCUT2D eigenvalue weighted by Gasteiger charge is 2.35. The average molecular weight is 397 g/mol. The topological polar surface area (TPSA) is 64.6 Å². The van der Waals surface area contributed by atoms with Crippen LogP contribution in [0.3, 0.4) is 0 Å². The largest absolute Gasteiger partial charge is 0.497 e. The van der Waals surface area contributed by atoms with Crippen LogP contribution in [-0.2, 0) is 16.2 Å². The number of hydrogen-bond acceptors (Lipinski definition) is 4. The first-order chi connectivity index (χ1) is 12.0. The quantitative estimate of drug-likeness (QED) is 0.780. The molecule has 0 saturated heterocycles. The van der Waals surface area contributed by atoms with Crippen molar-refractivity contribution >= 4 is 15.7 Å². The van der Waals surface area contributed by atoms with Crippen LogP contribution in [0, 0.1) is 11.6 Å². The number of halogens is 5. The molecule has 2 rings (SSSR count). The smallest absolute Gasteiger partial charge is 0.419 e. The second-order valence-electron chi connectivity index (χ2n) is 4.93. The number of methoxy groups -OCH3 is 2. The van der Waals surface area contributed by atoms with E-state index >= 15 is 0 Å². The Hall–Kier alpha value is -2.56. The van der Waals surface area contributed by atoms with Crippen LogP contribution in [-0.4, -0.2) is 22.6 Å². The van der Waals surface area contributed by atoms with E-state index in [1.165, 1.54) is 26.4 Å². The molecule has 26 heavy (non-hydrogen) atoms. The van der Waals surface area contributed by atoms with Gasteiger partial charge in [-0.25, -0.2) is 17.2 Å². The molecule has 0 saturated carbocycles. The van der Waals surface area contributed by atoms with Crippen LogP contribution < -0.4 is 14.2 Å². The molecule has 0 fully saturated rings. The molecule has 11 heteroatoms. The summed E-state index contributed by atoms with van der Waals surface area (Å²) in [5, 5.41) is 0. The maximum Gasteiger partial charge on any atom is 0.419 e. The number of anilines is 1. The molecule has 0 bridgehead atoms. The highest BCUT2D eigenvalue weighted by atomic mass is 32.2. The van der Waals surface area contributed by atoms with Crippen molar-refractivity contribution in [3.8, 4) is 11.5 Å². The molecule has 142 valence electrons. The van der Waals surface area contributed by atoms with Crippen molar-refractivity contribution in [2.24, 2.45) is 0 Å². The number of nitrogens with one attached hydrogen (secondary N) is 1. The maximum atomic E-state index is 13.9. The van der Waals surface area contributed by atoms with Gasteiger partial charge < -0.3 is 9.47 Å². The summed E-state index contributed by atoms with van der Waals surface area (Å²) in [5.41, 5.74) is -2.84. The third kappa shape index (κ3) is 3.98. The van der Waals surface area contributed by atoms with Gasteiger partial charge in [-0.3, -0.25) is 4.72 Å². The Balaban J connectivity index is 2.50. The van der Waals surface area contributed by atoms with Crippen LogP contribution in [0.5, 0.6) is 11.5 Å². The lowest BCUT2D eigenvalue weighted by Gasteiger charge is -2.15. The van der Waals surface area contributed by atoms with Gasteiger partial charge in [0.2, 0.25) is 0 Å². The van der Waals surface area contributed by atoms with Crippen LogP contribution in [0.15, 0.2) is 35.2 Å². The summed E-state index contributed by atoms with van der Waals surface area (Å²) >= 11 is 0. The van der Waals surface area contributed by atoms with Crippen LogP contribution in [0.1, 0.15) is 5.56 Å². The first-order valence-electron chi connectivity index (χ1n) is 6.80. The molecule has 2 aromatic carbocycles. The van der Waals surface area contributed by atoms with E-state index in [1.807, 2.05) is 0 Å². The highest BCUT2D eigenvalue weighted by molar-refractivity contribution is 7.92. The Morgan fingerprint density at radius 3 is 2.15 bits per heavy atom.